The van der Waals surface area contributed by atoms with E-state index in [1.54, 1.807) is 0 Å². The number of benzene rings is 1. The average Bonchev–Trinajstić information content (AvgIpc) is 2.46. The maximum Gasteiger partial charge on any atom is 0.239 e. The van der Waals surface area contributed by atoms with Crippen molar-refractivity contribution in [3.63, 3.8) is 0 Å². The second-order valence-electron chi connectivity index (χ2n) is 6.03. The van der Waals surface area contributed by atoms with Gasteiger partial charge in [-0.2, -0.15) is 0 Å². The Kier molecular flexibility index (Phi) is 5.45. The third kappa shape index (κ3) is 4.55. The number of hydrogen-bond donors (Lipinski definition) is 2. The lowest BCUT2D eigenvalue weighted by atomic mass is 9.95. The molecule has 20 heavy (non-hydrogen) atoms. The molecule has 0 aromatic heterocycles. The minimum atomic E-state index is 0.102. The summed E-state index contributed by atoms with van der Waals surface area (Å²) in [6.07, 6.45) is 6.07. The SMILES string of the molecule is CC(C)c1ccc(NCC(=O)NC2CCCCC2)cc1. The van der Waals surface area contributed by atoms with Gasteiger partial charge in [-0.3, -0.25) is 4.79 Å². The average molecular weight is 274 g/mol. The molecule has 0 radical (unpaired) electrons. The molecule has 110 valence electrons. The minimum Gasteiger partial charge on any atom is -0.376 e. The largest absolute Gasteiger partial charge is 0.376 e. The van der Waals surface area contributed by atoms with Crippen LogP contribution in [0.3, 0.4) is 0 Å². The Morgan fingerprint density at radius 1 is 1.15 bits per heavy atom. The predicted molar refractivity (Wildman–Crippen MR) is 84.0 cm³/mol. The van der Waals surface area contributed by atoms with E-state index in [2.05, 4.69) is 36.6 Å². The van der Waals surface area contributed by atoms with Crippen LogP contribution in [0.4, 0.5) is 5.69 Å². The summed E-state index contributed by atoms with van der Waals surface area (Å²) in [6, 6.07) is 8.71. The summed E-state index contributed by atoms with van der Waals surface area (Å²) in [5.41, 5.74) is 2.33. The van der Waals surface area contributed by atoms with Gasteiger partial charge in [0.05, 0.1) is 6.54 Å². The molecular formula is C17H26N2O. The van der Waals surface area contributed by atoms with Crippen molar-refractivity contribution in [2.75, 3.05) is 11.9 Å². The van der Waals surface area contributed by atoms with E-state index in [4.69, 9.17) is 0 Å². The Morgan fingerprint density at radius 2 is 1.80 bits per heavy atom. The van der Waals surface area contributed by atoms with E-state index in [1.807, 2.05) is 12.1 Å². The van der Waals surface area contributed by atoms with E-state index in [0.29, 0.717) is 18.5 Å². The predicted octanol–water partition coefficient (Wildman–Crippen LogP) is 3.67. The van der Waals surface area contributed by atoms with Gasteiger partial charge in [-0.05, 0) is 36.5 Å². The minimum absolute atomic E-state index is 0.102. The van der Waals surface area contributed by atoms with E-state index in [-0.39, 0.29) is 5.91 Å². The summed E-state index contributed by atoms with van der Waals surface area (Å²) in [5.74, 6) is 0.642. The fourth-order valence-corrected chi connectivity index (χ4v) is 2.69. The fraction of sp³-hybridized carbons (Fsp3) is 0.588. The third-order valence-electron chi connectivity index (χ3n) is 4.00. The quantitative estimate of drug-likeness (QED) is 0.860. The Balaban J connectivity index is 1.74. The van der Waals surface area contributed by atoms with Crippen molar-refractivity contribution >= 4 is 11.6 Å². The molecule has 1 aromatic rings. The topological polar surface area (TPSA) is 41.1 Å². The highest BCUT2D eigenvalue weighted by Gasteiger charge is 2.15. The molecule has 1 saturated carbocycles. The molecule has 0 atom stereocenters. The zero-order chi connectivity index (χ0) is 14.4. The van der Waals surface area contributed by atoms with Crippen molar-refractivity contribution in [2.24, 2.45) is 0 Å². The summed E-state index contributed by atoms with van der Waals surface area (Å²) < 4.78 is 0. The first-order chi connectivity index (χ1) is 9.65. The number of anilines is 1. The van der Waals surface area contributed by atoms with Crippen LogP contribution in [0.5, 0.6) is 0 Å². The maximum atomic E-state index is 11.9. The second-order valence-corrected chi connectivity index (χ2v) is 6.03. The van der Waals surface area contributed by atoms with Gasteiger partial charge in [0.15, 0.2) is 0 Å². The lowest BCUT2D eigenvalue weighted by molar-refractivity contribution is -0.120. The van der Waals surface area contributed by atoms with E-state index in [1.165, 1.54) is 24.8 Å². The van der Waals surface area contributed by atoms with Gasteiger partial charge in [0.2, 0.25) is 5.91 Å². The van der Waals surface area contributed by atoms with Crippen LogP contribution in [-0.4, -0.2) is 18.5 Å². The van der Waals surface area contributed by atoms with Gasteiger partial charge >= 0.3 is 0 Å². The van der Waals surface area contributed by atoms with Crippen LogP contribution in [-0.2, 0) is 4.79 Å². The van der Waals surface area contributed by atoms with Crippen LogP contribution in [0, 0.1) is 0 Å². The first-order valence-corrected chi connectivity index (χ1v) is 7.78. The molecule has 0 saturated heterocycles. The monoisotopic (exact) mass is 274 g/mol. The van der Waals surface area contributed by atoms with Crippen LogP contribution < -0.4 is 10.6 Å². The molecule has 2 rings (SSSR count). The lowest BCUT2D eigenvalue weighted by Crippen LogP contribution is -2.39. The number of amides is 1. The molecule has 1 amide bonds. The Morgan fingerprint density at radius 3 is 2.40 bits per heavy atom. The van der Waals surface area contributed by atoms with E-state index < -0.39 is 0 Å². The van der Waals surface area contributed by atoms with Crippen molar-refractivity contribution in [1.82, 2.24) is 5.32 Å². The van der Waals surface area contributed by atoms with Crippen molar-refractivity contribution in [1.29, 1.82) is 0 Å². The number of carbonyl (C=O) groups excluding carboxylic acids is 1. The van der Waals surface area contributed by atoms with E-state index in [9.17, 15) is 4.79 Å². The molecule has 0 spiro atoms. The number of nitrogens with one attached hydrogen (secondary N) is 2. The number of hydrogen-bond acceptors (Lipinski definition) is 2. The zero-order valence-corrected chi connectivity index (χ0v) is 12.6. The highest BCUT2D eigenvalue weighted by atomic mass is 16.1. The van der Waals surface area contributed by atoms with Crippen molar-refractivity contribution in [2.45, 2.75) is 57.9 Å². The molecule has 0 heterocycles. The second kappa shape index (κ2) is 7.32. The molecule has 2 N–H and O–H groups in total. The molecule has 0 aliphatic heterocycles. The fourth-order valence-electron chi connectivity index (χ4n) is 2.69. The molecule has 0 unspecified atom stereocenters. The first kappa shape index (κ1) is 14.9. The molecular weight excluding hydrogens is 248 g/mol. The number of rotatable bonds is 5. The standard InChI is InChI=1S/C17H26N2O/c1-13(2)14-8-10-15(11-9-14)18-12-17(20)19-16-6-4-3-5-7-16/h8-11,13,16,18H,3-7,12H2,1-2H3,(H,19,20). The summed E-state index contributed by atoms with van der Waals surface area (Å²) in [4.78, 5) is 11.9. The Hall–Kier alpha value is -1.51. The maximum absolute atomic E-state index is 11.9. The van der Waals surface area contributed by atoms with Crippen LogP contribution in [0.25, 0.3) is 0 Å². The van der Waals surface area contributed by atoms with Crippen LogP contribution in [0.1, 0.15) is 57.4 Å². The zero-order valence-electron chi connectivity index (χ0n) is 12.6. The summed E-state index contributed by atoms with van der Waals surface area (Å²) in [6.45, 7) is 4.72. The number of carbonyl (C=O) groups is 1. The smallest absolute Gasteiger partial charge is 0.239 e. The van der Waals surface area contributed by atoms with Gasteiger partial charge in [0.25, 0.3) is 0 Å². The molecule has 1 fully saturated rings. The first-order valence-electron chi connectivity index (χ1n) is 7.78. The van der Waals surface area contributed by atoms with E-state index >= 15 is 0 Å². The van der Waals surface area contributed by atoms with Crippen LogP contribution >= 0.6 is 0 Å². The molecule has 0 bridgehead atoms. The van der Waals surface area contributed by atoms with Gasteiger partial charge in [0, 0.05) is 11.7 Å². The molecule has 3 heteroatoms. The van der Waals surface area contributed by atoms with Crippen molar-refractivity contribution < 1.29 is 4.79 Å². The van der Waals surface area contributed by atoms with Gasteiger partial charge in [-0.1, -0.05) is 45.2 Å². The van der Waals surface area contributed by atoms with Gasteiger partial charge in [-0.25, -0.2) is 0 Å². The molecule has 1 aromatic carbocycles. The van der Waals surface area contributed by atoms with Crippen molar-refractivity contribution in [3.8, 4) is 0 Å². The van der Waals surface area contributed by atoms with Crippen LogP contribution in [0.2, 0.25) is 0 Å². The highest BCUT2D eigenvalue weighted by molar-refractivity contribution is 5.80. The van der Waals surface area contributed by atoms with Gasteiger partial charge in [-0.15, -0.1) is 0 Å². The summed E-state index contributed by atoms with van der Waals surface area (Å²) >= 11 is 0. The summed E-state index contributed by atoms with van der Waals surface area (Å²) in [7, 11) is 0. The Labute approximate surface area is 122 Å². The Bertz CT molecular complexity index is 419. The lowest BCUT2D eigenvalue weighted by Gasteiger charge is -2.22. The van der Waals surface area contributed by atoms with E-state index in [0.717, 1.165) is 18.5 Å². The van der Waals surface area contributed by atoms with Crippen molar-refractivity contribution in [3.05, 3.63) is 29.8 Å². The molecule has 1 aliphatic rings. The molecule has 1 aliphatic carbocycles. The highest BCUT2D eigenvalue weighted by Crippen LogP contribution is 2.18. The molecule has 3 nitrogen and oxygen atoms in total. The van der Waals surface area contributed by atoms with Gasteiger partial charge < -0.3 is 10.6 Å². The normalized spacial score (nSPS) is 16.1. The summed E-state index contributed by atoms with van der Waals surface area (Å²) in [5, 5.41) is 6.31. The van der Waals surface area contributed by atoms with Gasteiger partial charge in [0.1, 0.15) is 0 Å². The van der Waals surface area contributed by atoms with Crippen LogP contribution in [0.15, 0.2) is 24.3 Å². The third-order valence-corrected chi connectivity index (χ3v) is 4.00.